The Kier molecular flexibility index (Phi) is 4.72. The Morgan fingerprint density at radius 2 is 1.75 bits per heavy atom. The highest BCUT2D eigenvalue weighted by atomic mass is 16.3. The summed E-state index contributed by atoms with van der Waals surface area (Å²) in [6.07, 6.45) is 4.26. The maximum Gasteiger partial charge on any atom is 0.0484 e. The molecule has 20 heavy (non-hydrogen) atoms. The van der Waals surface area contributed by atoms with Gasteiger partial charge in [0, 0.05) is 19.1 Å². The topological polar surface area (TPSA) is 40.5 Å². The van der Waals surface area contributed by atoms with Crippen molar-refractivity contribution in [2.45, 2.75) is 6.42 Å². The summed E-state index contributed by atoms with van der Waals surface area (Å²) in [6, 6.07) is 10.2. The van der Waals surface area contributed by atoms with E-state index < -0.39 is 0 Å². The van der Waals surface area contributed by atoms with Crippen molar-refractivity contribution >= 4 is 22.9 Å². The van der Waals surface area contributed by atoms with E-state index in [2.05, 4.69) is 31.4 Å². The standard InChI is InChI=1S/C18H20O2/c1-3-14-10-15-7-5-6-8-17(15)18(16(14)4-2)9-13(11-19)12-20/h3-8,10,13,19-20H,1-2,9,11-12H2. The zero-order chi connectivity index (χ0) is 14.5. The van der Waals surface area contributed by atoms with Gasteiger partial charge in [-0.2, -0.15) is 0 Å². The molecule has 2 heteroatoms. The van der Waals surface area contributed by atoms with Crippen LogP contribution in [0.15, 0.2) is 43.5 Å². The van der Waals surface area contributed by atoms with E-state index in [9.17, 15) is 10.2 Å². The van der Waals surface area contributed by atoms with Gasteiger partial charge < -0.3 is 10.2 Å². The van der Waals surface area contributed by atoms with Gasteiger partial charge in [0.2, 0.25) is 0 Å². The largest absolute Gasteiger partial charge is 0.396 e. The third kappa shape index (κ3) is 2.67. The SMILES string of the molecule is C=Cc1cc2ccccc2c(CC(CO)CO)c1C=C. The Morgan fingerprint density at radius 1 is 1.05 bits per heavy atom. The molecule has 2 aromatic carbocycles. The lowest BCUT2D eigenvalue weighted by Gasteiger charge is -2.18. The van der Waals surface area contributed by atoms with E-state index in [-0.39, 0.29) is 19.1 Å². The molecule has 2 rings (SSSR count). The van der Waals surface area contributed by atoms with Crippen LogP contribution in [0.1, 0.15) is 16.7 Å². The highest BCUT2D eigenvalue weighted by molar-refractivity contribution is 5.92. The van der Waals surface area contributed by atoms with Crippen molar-refractivity contribution in [1.29, 1.82) is 0 Å². The molecule has 0 radical (unpaired) electrons. The fourth-order valence-electron chi connectivity index (χ4n) is 2.57. The van der Waals surface area contributed by atoms with Crippen LogP contribution in [-0.2, 0) is 6.42 Å². The van der Waals surface area contributed by atoms with E-state index in [1.807, 2.05) is 24.3 Å². The van der Waals surface area contributed by atoms with E-state index in [4.69, 9.17) is 0 Å². The second-order valence-corrected chi connectivity index (χ2v) is 4.92. The van der Waals surface area contributed by atoms with Crippen LogP contribution in [0.5, 0.6) is 0 Å². The van der Waals surface area contributed by atoms with Gasteiger partial charge in [0.15, 0.2) is 0 Å². The molecular formula is C18H20O2. The lowest BCUT2D eigenvalue weighted by Crippen LogP contribution is -2.15. The summed E-state index contributed by atoms with van der Waals surface area (Å²) >= 11 is 0. The highest BCUT2D eigenvalue weighted by Gasteiger charge is 2.14. The second-order valence-electron chi connectivity index (χ2n) is 4.92. The van der Waals surface area contributed by atoms with Gasteiger partial charge in [-0.3, -0.25) is 0 Å². The third-order valence-corrected chi connectivity index (χ3v) is 3.67. The summed E-state index contributed by atoms with van der Waals surface area (Å²) in [5.74, 6) is -0.155. The molecule has 0 atom stereocenters. The fraction of sp³-hybridized carbons (Fsp3) is 0.222. The zero-order valence-electron chi connectivity index (χ0n) is 11.5. The average Bonchev–Trinajstić information content (AvgIpc) is 2.51. The number of aliphatic hydroxyl groups excluding tert-OH is 2. The van der Waals surface area contributed by atoms with Crippen LogP contribution >= 0.6 is 0 Å². The molecule has 0 aliphatic rings. The van der Waals surface area contributed by atoms with E-state index in [1.165, 1.54) is 0 Å². The van der Waals surface area contributed by atoms with E-state index in [0.29, 0.717) is 6.42 Å². The monoisotopic (exact) mass is 268 g/mol. The van der Waals surface area contributed by atoms with Gasteiger partial charge in [0.05, 0.1) is 0 Å². The van der Waals surface area contributed by atoms with Crippen molar-refractivity contribution in [3.63, 3.8) is 0 Å². The predicted molar refractivity (Wildman–Crippen MR) is 85.5 cm³/mol. The minimum absolute atomic E-state index is 0.0280. The molecule has 0 amide bonds. The second kappa shape index (κ2) is 6.51. The van der Waals surface area contributed by atoms with Crippen LogP contribution in [0, 0.1) is 5.92 Å². The average molecular weight is 268 g/mol. The summed E-state index contributed by atoms with van der Waals surface area (Å²) in [5.41, 5.74) is 3.18. The molecular weight excluding hydrogens is 248 g/mol. The van der Waals surface area contributed by atoms with Crippen molar-refractivity contribution in [3.8, 4) is 0 Å². The van der Waals surface area contributed by atoms with E-state index in [1.54, 1.807) is 0 Å². The summed E-state index contributed by atoms with van der Waals surface area (Å²) in [7, 11) is 0. The number of hydrogen-bond acceptors (Lipinski definition) is 2. The first-order valence-corrected chi connectivity index (χ1v) is 6.76. The van der Waals surface area contributed by atoms with Crippen molar-refractivity contribution in [1.82, 2.24) is 0 Å². The molecule has 0 aliphatic carbocycles. The Bertz CT molecular complexity index is 625. The first kappa shape index (κ1) is 14.5. The van der Waals surface area contributed by atoms with Gasteiger partial charge in [-0.05, 0) is 39.9 Å². The van der Waals surface area contributed by atoms with Crippen LogP contribution < -0.4 is 0 Å². The Balaban J connectivity index is 2.69. The first-order chi connectivity index (χ1) is 9.74. The number of fused-ring (bicyclic) bond motifs is 1. The third-order valence-electron chi connectivity index (χ3n) is 3.67. The van der Waals surface area contributed by atoms with E-state index in [0.717, 1.165) is 27.5 Å². The fourth-order valence-corrected chi connectivity index (χ4v) is 2.57. The molecule has 0 saturated carbocycles. The first-order valence-electron chi connectivity index (χ1n) is 6.76. The van der Waals surface area contributed by atoms with Crippen molar-refractivity contribution < 1.29 is 10.2 Å². The number of aliphatic hydroxyl groups is 2. The van der Waals surface area contributed by atoms with Gasteiger partial charge in [-0.1, -0.05) is 49.6 Å². The lowest BCUT2D eigenvalue weighted by atomic mass is 9.88. The van der Waals surface area contributed by atoms with Gasteiger partial charge in [-0.25, -0.2) is 0 Å². The molecule has 2 N–H and O–H groups in total. The van der Waals surface area contributed by atoms with Crippen LogP contribution in [-0.4, -0.2) is 23.4 Å². The number of rotatable bonds is 6. The number of benzene rings is 2. The van der Waals surface area contributed by atoms with Crippen molar-refractivity contribution in [3.05, 3.63) is 60.2 Å². The highest BCUT2D eigenvalue weighted by Crippen LogP contribution is 2.29. The van der Waals surface area contributed by atoms with E-state index >= 15 is 0 Å². The van der Waals surface area contributed by atoms with Crippen LogP contribution in [0.25, 0.3) is 22.9 Å². The minimum Gasteiger partial charge on any atom is -0.396 e. The van der Waals surface area contributed by atoms with Gasteiger partial charge in [0.25, 0.3) is 0 Å². The Labute approximate surface area is 119 Å². The normalized spacial score (nSPS) is 10.9. The van der Waals surface area contributed by atoms with Crippen molar-refractivity contribution in [2.75, 3.05) is 13.2 Å². The maximum absolute atomic E-state index is 9.34. The smallest absolute Gasteiger partial charge is 0.0484 e. The summed E-state index contributed by atoms with van der Waals surface area (Å²) in [6.45, 7) is 7.70. The van der Waals surface area contributed by atoms with Gasteiger partial charge in [0.1, 0.15) is 0 Å². The molecule has 2 nitrogen and oxygen atoms in total. The molecule has 0 heterocycles. The molecule has 0 unspecified atom stereocenters. The molecule has 2 aromatic rings. The number of hydrogen-bond donors (Lipinski definition) is 2. The lowest BCUT2D eigenvalue weighted by molar-refractivity contribution is 0.150. The molecule has 0 fully saturated rings. The molecule has 0 spiro atoms. The summed E-state index contributed by atoms with van der Waals surface area (Å²) in [4.78, 5) is 0. The molecule has 0 bridgehead atoms. The van der Waals surface area contributed by atoms with Crippen LogP contribution in [0.2, 0.25) is 0 Å². The molecule has 0 aliphatic heterocycles. The van der Waals surface area contributed by atoms with Crippen molar-refractivity contribution in [2.24, 2.45) is 5.92 Å². The summed E-state index contributed by atoms with van der Waals surface area (Å²) in [5, 5.41) is 21.0. The van der Waals surface area contributed by atoms with Crippen LogP contribution in [0.4, 0.5) is 0 Å². The quantitative estimate of drug-likeness (QED) is 0.844. The predicted octanol–water partition coefficient (Wildman–Crippen LogP) is 3.27. The Morgan fingerprint density at radius 3 is 2.35 bits per heavy atom. The van der Waals surface area contributed by atoms with Gasteiger partial charge >= 0.3 is 0 Å². The van der Waals surface area contributed by atoms with Gasteiger partial charge in [-0.15, -0.1) is 0 Å². The maximum atomic E-state index is 9.34. The minimum atomic E-state index is -0.155. The molecule has 0 saturated heterocycles. The molecule has 104 valence electrons. The molecule has 0 aromatic heterocycles. The summed E-state index contributed by atoms with van der Waals surface area (Å²) < 4.78 is 0. The zero-order valence-corrected chi connectivity index (χ0v) is 11.5. The Hall–Kier alpha value is -1.90. The van der Waals surface area contributed by atoms with Crippen LogP contribution in [0.3, 0.4) is 0 Å².